The van der Waals surface area contributed by atoms with Crippen molar-refractivity contribution in [3.8, 4) is 0 Å². The molecule has 1 atom stereocenters. The Morgan fingerprint density at radius 3 is 2.69 bits per heavy atom. The maximum absolute atomic E-state index is 14.1. The van der Waals surface area contributed by atoms with Crippen molar-refractivity contribution in [3.63, 3.8) is 0 Å². The summed E-state index contributed by atoms with van der Waals surface area (Å²) in [6.45, 7) is 9.46. The van der Waals surface area contributed by atoms with Crippen LogP contribution in [0.25, 0.3) is 0 Å². The van der Waals surface area contributed by atoms with Gasteiger partial charge in [0.1, 0.15) is 5.82 Å². The third-order valence-electron chi connectivity index (χ3n) is 6.24. The van der Waals surface area contributed by atoms with Crippen LogP contribution in [0.15, 0.2) is 30.3 Å². The van der Waals surface area contributed by atoms with Gasteiger partial charge in [0.2, 0.25) is 5.91 Å². The van der Waals surface area contributed by atoms with Crippen LogP contribution in [-0.2, 0) is 17.9 Å². The van der Waals surface area contributed by atoms with Gasteiger partial charge in [-0.3, -0.25) is 14.4 Å². The molecule has 0 aliphatic carbocycles. The molecule has 32 heavy (non-hydrogen) atoms. The van der Waals surface area contributed by atoms with Crippen LogP contribution in [0, 0.1) is 25.6 Å². The third kappa shape index (κ3) is 7.14. The number of carbonyl (C=O) groups is 1. The number of carbonyl (C=O) groups excluding carboxylic acids is 1. The first-order chi connectivity index (χ1) is 15.3. The van der Waals surface area contributed by atoms with Gasteiger partial charge in [0, 0.05) is 56.9 Å². The standard InChI is InChI=1S/C25H38FN5O/c1-20-16-21(2)31(27-20)13-11-25(32)30(15-14-28(3)4)18-22-8-7-12-29(17-22)19-23-9-5-6-10-24(23)26/h5-6,9-10,16,22H,7-8,11-15,17-19H2,1-4H3/t22-/m0/s1. The molecule has 0 unspecified atom stereocenters. The van der Waals surface area contributed by atoms with Crippen molar-refractivity contribution in [2.45, 2.75) is 46.2 Å². The van der Waals surface area contributed by atoms with Gasteiger partial charge < -0.3 is 9.80 Å². The zero-order valence-electron chi connectivity index (χ0n) is 20.1. The smallest absolute Gasteiger partial charge is 0.224 e. The van der Waals surface area contributed by atoms with E-state index >= 15 is 0 Å². The van der Waals surface area contributed by atoms with Crippen molar-refractivity contribution >= 4 is 5.91 Å². The first kappa shape index (κ1) is 24.4. The van der Waals surface area contributed by atoms with E-state index in [4.69, 9.17) is 0 Å². The second-order valence-corrected chi connectivity index (χ2v) is 9.38. The average molecular weight is 444 g/mol. The van der Waals surface area contributed by atoms with E-state index in [0.717, 1.165) is 62.5 Å². The minimum absolute atomic E-state index is 0.137. The number of likely N-dealkylation sites (N-methyl/N-ethyl adjacent to an activating group) is 1. The Kier molecular flexibility index (Phi) is 8.82. The number of rotatable bonds is 10. The van der Waals surface area contributed by atoms with Crippen molar-refractivity contribution in [1.82, 2.24) is 24.5 Å². The molecule has 1 aliphatic heterocycles. The lowest BCUT2D eigenvalue weighted by molar-refractivity contribution is -0.132. The van der Waals surface area contributed by atoms with Crippen LogP contribution < -0.4 is 0 Å². The Balaban J connectivity index is 1.58. The number of piperidine rings is 1. The first-order valence-corrected chi connectivity index (χ1v) is 11.7. The van der Waals surface area contributed by atoms with E-state index in [1.165, 1.54) is 6.07 Å². The average Bonchev–Trinajstić information content (AvgIpc) is 3.08. The highest BCUT2D eigenvalue weighted by Crippen LogP contribution is 2.21. The van der Waals surface area contributed by atoms with Gasteiger partial charge in [0.15, 0.2) is 0 Å². The number of nitrogens with zero attached hydrogens (tertiary/aromatic N) is 5. The summed E-state index contributed by atoms with van der Waals surface area (Å²) in [6, 6.07) is 9.06. The van der Waals surface area contributed by atoms with Crippen molar-refractivity contribution in [2.24, 2.45) is 5.92 Å². The molecule has 1 aromatic heterocycles. The van der Waals surface area contributed by atoms with E-state index in [1.807, 2.05) is 55.7 Å². The molecule has 2 heterocycles. The Labute approximate surface area is 192 Å². The number of amides is 1. The number of benzene rings is 1. The first-order valence-electron chi connectivity index (χ1n) is 11.7. The van der Waals surface area contributed by atoms with Gasteiger partial charge in [0.05, 0.1) is 5.69 Å². The molecule has 2 aromatic rings. The molecule has 0 spiro atoms. The zero-order valence-corrected chi connectivity index (χ0v) is 20.1. The Morgan fingerprint density at radius 2 is 2.00 bits per heavy atom. The normalized spacial score (nSPS) is 17.1. The molecule has 176 valence electrons. The predicted octanol–water partition coefficient (Wildman–Crippen LogP) is 3.33. The molecular weight excluding hydrogens is 405 g/mol. The van der Waals surface area contributed by atoms with Crippen LogP contribution >= 0.6 is 0 Å². The fourth-order valence-corrected chi connectivity index (χ4v) is 4.52. The van der Waals surface area contributed by atoms with Crippen LogP contribution in [-0.4, -0.2) is 77.2 Å². The van der Waals surface area contributed by atoms with Crippen molar-refractivity contribution < 1.29 is 9.18 Å². The lowest BCUT2D eigenvalue weighted by Crippen LogP contribution is -2.44. The Morgan fingerprint density at radius 1 is 1.22 bits per heavy atom. The fourth-order valence-electron chi connectivity index (χ4n) is 4.52. The quantitative estimate of drug-likeness (QED) is 0.565. The highest BCUT2D eigenvalue weighted by Gasteiger charge is 2.25. The molecule has 1 aromatic carbocycles. The fraction of sp³-hybridized carbons (Fsp3) is 0.600. The highest BCUT2D eigenvalue weighted by atomic mass is 19.1. The summed E-state index contributed by atoms with van der Waals surface area (Å²) < 4.78 is 16.0. The topological polar surface area (TPSA) is 44.6 Å². The van der Waals surface area contributed by atoms with E-state index in [9.17, 15) is 9.18 Å². The van der Waals surface area contributed by atoms with Crippen molar-refractivity contribution in [3.05, 3.63) is 53.1 Å². The van der Waals surface area contributed by atoms with Gasteiger partial charge in [-0.15, -0.1) is 0 Å². The maximum Gasteiger partial charge on any atom is 0.224 e. The molecule has 6 nitrogen and oxygen atoms in total. The summed E-state index contributed by atoms with van der Waals surface area (Å²) in [5.74, 6) is 0.461. The number of aromatic nitrogens is 2. The van der Waals surface area contributed by atoms with Crippen LogP contribution in [0.2, 0.25) is 0 Å². The van der Waals surface area contributed by atoms with Gasteiger partial charge in [-0.05, 0) is 65.4 Å². The minimum atomic E-state index is -0.137. The van der Waals surface area contributed by atoms with Crippen LogP contribution in [0.5, 0.6) is 0 Å². The van der Waals surface area contributed by atoms with Gasteiger partial charge in [0.25, 0.3) is 0 Å². The van der Waals surface area contributed by atoms with Gasteiger partial charge in [-0.1, -0.05) is 18.2 Å². The molecule has 1 aliphatic rings. The Bertz CT molecular complexity index is 881. The molecule has 0 bridgehead atoms. The number of aryl methyl sites for hydroxylation is 3. The number of hydrogen-bond acceptors (Lipinski definition) is 4. The number of likely N-dealkylation sites (tertiary alicyclic amines) is 1. The Hall–Kier alpha value is -2.25. The molecule has 1 amide bonds. The molecule has 7 heteroatoms. The number of hydrogen-bond donors (Lipinski definition) is 0. The summed E-state index contributed by atoms with van der Waals surface area (Å²) in [6.07, 6.45) is 2.65. The van der Waals surface area contributed by atoms with Crippen molar-refractivity contribution in [1.29, 1.82) is 0 Å². The van der Waals surface area contributed by atoms with E-state index < -0.39 is 0 Å². The molecule has 3 rings (SSSR count). The molecule has 0 N–H and O–H groups in total. The lowest BCUT2D eigenvalue weighted by Gasteiger charge is -2.36. The predicted molar refractivity (Wildman–Crippen MR) is 126 cm³/mol. The van der Waals surface area contributed by atoms with Gasteiger partial charge in [-0.2, -0.15) is 5.10 Å². The number of halogens is 1. The monoisotopic (exact) mass is 443 g/mol. The van der Waals surface area contributed by atoms with Gasteiger partial charge >= 0.3 is 0 Å². The molecule has 0 radical (unpaired) electrons. The molecular formula is C25H38FN5O. The van der Waals surface area contributed by atoms with Crippen LogP contribution in [0.4, 0.5) is 4.39 Å². The maximum atomic E-state index is 14.1. The van der Waals surface area contributed by atoms with Crippen molar-refractivity contribution in [2.75, 3.05) is 46.8 Å². The molecule has 0 saturated carbocycles. The summed E-state index contributed by atoms with van der Waals surface area (Å²) in [7, 11) is 4.07. The van der Waals surface area contributed by atoms with E-state index in [1.54, 1.807) is 6.07 Å². The van der Waals surface area contributed by atoms with E-state index in [2.05, 4.69) is 14.9 Å². The van der Waals surface area contributed by atoms with Gasteiger partial charge in [-0.25, -0.2) is 4.39 Å². The third-order valence-corrected chi connectivity index (χ3v) is 6.24. The largest absolute Gasteiger partial charge is 0.341 e. The highest BCUT2D eigenvalue weighted by molar-refractivity contribution is 5.76. The van der Waals surface area contributed by atoms with Crippen LogP contribution in [0.1, 0.15) is 36.2 Å². The van der Waals surface area contributed by atoms with E-state index in [0.29, 0.717) is 25.4 Å². The minimum Gasteiger partial charge on any atom is -0.341 e. The summed E-state index contributed by atoms with van der Waals surface area (Å²) >= 11 is 0. The summed E-state index contributed by atoms with van der Waals surface area (Å²) in [5.41, 5.74) is 2.82. The van der Waals surface area contributed by atoms with Crippen LogP contribution in [0.3, 0.4) is 0 Å². The second kappa shape index (κ2) is 11.6. The molecule has 1 saturated heterocycles. The summed E-state index contributed by atoms with van der Waals surface area (Å²) in [4.78, 5) is 19.6. The lowest BCUT2D eigenvalue weighted by atomic mass is 9.96. The second-order valence-electron chi connectivity index (χ2n) is 9.38. The summed E-state index contributed by atoms with van der Waals surface area (Å²) in [5, 5.41) is 4.49. The molecule has 1 fully saturated rings. The zero-order chi connectivity index (χ0) is 23.1. The SMILES string of the molecule is Cc1cc(C)n(CCC(=O)N(CCN(C)C)C[C@H]2CCCN(Cc3ccccc3F)C2)n1. The van der Waals surface area contributed by atoms with E-state index in [-0.39, 0.29) is 11.7 Å².